The number of aliphatic hydroxyl groups is 1. The summed E-state index contributed by atoms with van der Waals surface area (Å²) >= 11 is 0. The Hall–Kier alpha value is -1.66. The molecule has 1 saturated heterocycles. The Kier molecular flexibility index (Phi) is 5.17. The van der Waals surface area contributed by atoms with E-state index in [0.29, 0.717) is 6.04 Å². The summed E-state index contributed by atoms with van der Waals surface area (Å²) < 4.78 is 7.90. The fourth-order valence-electron chi connectivity index (χ4n) is 4.11. The summed E-state index contributed by atoms with van der Waals surface area (Å²) in [5.74, 6) is 0. The molecule has 25 heavy (non-hydrogen) atoms. The molecule has 1 aliphatic carbocycles. The van der Waals surface area contributed by atoms with E-state index in [0.717, 1.165) is 29.7 Å². The second-order valence-corrected chi connectivity index (χ2v) is 7.34. The van der Waals surface area contributed by atoms with Gasteiger partial charge in [0.15, 0.2) is 5.65 Å². The predicted octanol–water partition coefficient (Wildman–Crippen LogP) is 3.63. The number of ether oxygens (including phenoxy) is 1. The lowest BCUT2D eigenvalue weighted by atomic mass is 9.96. The molecule has 0 bridgehead atoms. The van der Waals surface area contributed by atoms with Crippen molar-refractivity contribution in [3.05, 3.63) is 18.6 Å². The minimum absolute atomic E-state index is 0.0707. The molecule has 0 radical (unpaired) electrons. The van der Waals surface area contributed by atoms with E-state index in [1.165, 1.54) is 44.9 Å². The molecule has 2 aromatic rings. The van der Waals surface area contributed by atoms with Crippen LogP contribution in [0.1, 0.15) is 64.0 Å². The van der Waals surface area contributed by atoms with Gasteiger partial charge in [-0.3, -0.25) is 4.57 Å². The molecule has 2 fully saturated rings. The highest BCUT2D eigenvalue weighted by Gasteiger charge is 2.27. The summed E-state index contributed by atoms with van der Waals surface area (Å²) in [7, 11) is 0. The lowest BCUT2D eigenvalue weighted by Gasteiger charge is -2.22. The Labute approximate surface area is 148 Å². The van der Waals surface area contributed by atoms with E-state index < -0.39 is 0 Å². The number of anilines is 1. The first-order valence-electron chi connectivity index (χ1n) is 9.69. The van der Waals surface area contributed by atoms with Gasteiger partial charge in [0.05, 0.1) is 24.7 Å². The summed E-state index contributed by atoms with van der Waals surface area (Å²) in [4.78, 5) is 9.16. The van der Waals surface area contributed by atoms with Crippen LogP contribution in [0, 0.1) is 0 Å². The number of aromatic nitrogens is 3. The highest BCUT2D eigenvalue weighted by atomic mass is 16.5. The Morgan fingerprint density at radius 2 is 1.88 bits per heavy atom. The van der Waals surface area contributed by atoms with E-state index in [4.69, 9.17) is 4.74 Å². The summed E-state index contributed by atoms with van der Waals surface area (Å²) in [6, 6.07) is 2.56. The fourth-order valence-corrected chi connectivity index (χ4v) is 4.11. The van der Waals surface area contributed by atoms with Gasteiger partial charge < -0.3 is 15.2 Å². The summed E-state index contributed by atoms with van der Waals surface area (Å²) in [5.41, 5.74) is 2.85. The van der Waals surface area contributed by atoms with E-state index in [1.54, 1.807) is 0 Å². The average Bonchev–Trinajstić information content (AvgIpc) is 3.23. The number of hydrogen-bond donors (Lipinski definition) is 2. The van der Waals surface area contributed by atoms with Crippen LogP contribution in [0.3, 0.4) is 0 Å². The van der Waals surface area contributed by atoms with Crippen molar-refractivity contribution in [1.82, 2.24) is 14.5 Å². The molecule has 6 nitrogen and oxygen atoms in total. The van der Waals surface area contributed by atoms with Crippen LogP contribution >= 0.6 is 0 Å². The minimum atomic E-state index is -0.0775. The third-order valence-corrected chi connectivity index (χ3v) is 5.52. The van der Waals surface area contributed by atoms with Crippen LogP contribution in [0.15, 0.2) is 18.6 Å². The second-order valence-electron chi connectivity index (χ2n) is 7.34. The normalized spacial score (nSPS) is 25.8. The highest BCUT2D eigenvalue weighted by Crippen LogP contribution is 2.32. The molecule has 2 aromatic heterocycles. The summed E-state index contributed by atoms with van der Waals surface area (Å²) in [6.07, 6.45) is 14.4. The van der Waals surface area contributed by atoms with Gasteiger partial charge in [-0.2, -0.15) is 0 Å². The maximum Gasteiger partial charge on any atom is 0.164 e. The van der Waals surface area contributed by atoms with Crippen molar-refractivity contribution < 1.29 is 9.84 Å². The lowest BCUT2D eigenvalue weighted by molar-refractivity contribution is -0.0207. The Morgan fingerprint density at radius 3 is 2.64 bits per heavy atom. The number of imidazole rings is 1. The molecule has 2 N–H and O–H groups in total. The quantitative estimate of drug-likeness (QED) is 0.886. The molecule has 0 amide bonds. The third-order valence-electron chi connectivity index (χ3n) is 5.52. The minimum Gasteiger partial charge on any atom is -0.394 e. The number of nitrogens with one attached hydrogen (secondary N) is 1. The zero-order valence-corrected chi connectivity index (χ0v) is 14.7. The van der Waals surface area contributed by atoms with Crippen LogP contribution in [0.4, 0.5) is 5.69 Å². The van der Waals surface area contributed by atoms with Crippen LogP contribution in [0.5, 0.6) is 0 Å². The van der Waals surface area contributed by atoms with Crippen molar-refractivity contribution in [3.63, 3.8) is 0 Å². The average molecular weight is 344 g/mol. The van der Waals surface area contributed by atoms with Gasteiger partial charge >= 0.3 is 0 Å². The van der Waals surface area contributed by atoms with Crippen LogP contribution in [0.25, 0.3) is 11.2 Å². The molecule has 1 aliphatic heterocycles. The third kappa shape index (κ3) is 3.65. The molecule has 2 aliphatic rings. The molecule has 0 aromatic carbocycles. The SMILES string of the molecule is OC[C@@H]1CC[C@H](n2cnc3c(NC4CCCCCCC4)ccnc32)O1. The van der Waals surface area contributed by atoms with Crippen molar-refractivity contribution in [1.29, 1.82) is 0 Å². The molecule has 4 rings (SSSR count). The van der Waals surface area contributed by atoms with Crippen LogP contribution in [-0.2, 0) is 4.74 Å². The Balaban J connectivity index is 1.54. The molecule has 0 unspecified atom stereocenters. The van der Waals surface area contributed by atoms with Gasteiger partial charge in [-0.1, -0.05) is 32.1 Å². The first-order valence-corrected chi connectivity index (χ1v) is 9.69. The first-order chi connectivity index (χ1) is 12.3. The van der Waals surface area contributed by atoms with E-state index in [9.17, 15) is 5.11 Å². The van der Waals surface area contributed by atoms with Crippen molar-refractivity contribution in [2.24, 2.45) is 0 Å². The lowest BCUT2D eigenvalue weighted by Crippen LogP contribution is -2.20. The van der Waals surface area contributed by atoms with Crippen molar-refractivity contribution in [3.8, 4) is 0 Å². The molecule has 6 heteroatoms. The smallest absolute Gasteiger partial charge is 0.164 e. The number of aliphatic hydroxyl groups excluding tert-OH is 1. The monoisotopic (exact) mass is 344 g/mol. The van der Waals surface area contributed by atoms with Crippen molar-refractivity contribution in [2.75, 3.05) is 11.9 Å². The zero-order valence-electron chi connectivity index (χ0n) is 14.7. The molecule has 2 atom stereocenters. The molecule has 136 valence electrons. The summed E-state index contributed by atoms with van der Waals surface area (Å²) in [6.45, 7) is 0.0744. The second kappa shape index (κ2) is 7.70. The van der Waals surface area contributed by atoms with Gasteiger partial charge in [0.2, 0.25) is 0 Å². The van der Waals surface area contributed by atoms with E-state index >= 15 is 0 Å². The Morgan fingerprint density at radius 1 is 1.08 bits per heavy atom. The predicted molar refractivity (Wildman–Crippen MR) is 97.5 cm³/mol. The number of hydrogen-bond acceptors (Lipinski definition) is 5. The van der Waals surface area contributed by atoms with Crippen LogP contribution < -0.4 is 5.32 Å². The molecule has 1 saturated carbocycles. The number of pyridine rings is 1. The van der Waals surface area contributed by atoms with Gasteiger partial charge in [-0.05, 0) is 31.7 Å². The van der Waals surface area contributed by atoms with E-state index in [-0.39, 0.29) is 18.9 Å². The maximum atomic E-state index is 9.29. The van der Waals surface area contributed by atoms with Crippen molar-refractivity contribution in [2.45, 2.75) is 76.2 Å². The molecule has 3 heterocycles. The van der Waals surface area contributed by atoms with Crippen molar-refractivity contribution >= 4 is 16.9 Å². The van der Waals surface area contributed by atoms with Gasteiger partial charge in [0, 0.05) is 12.2 Å². The maximum absolute atomic E-state index is 9.29. The number of nitrogens with zero attached hydrogens (tertiary/aromatic N) is 3. The molecule has 0 spiro atoms. The van der Waals surface area contributed by atoms with Gasteiger partial charge in [-0.15, -0.1) is 0 Å². The topological polar surface area (TPSA) is 72.2 Å². The van der Waals surface area contributed by atoms with Crippen LogP contribution in [-0.4, -0.2) is 38.4 Å². The van der Waals surface area contributed by atoms with Gasteiger partial charge in [0.1, 0.15) is 11.7 Å². The number of rotatable bonds is 4. The standard InChI is InChI=1S/C19H28N4O2/c24-12-15-8-9-17(25-15)23-13-21-18-16(10-11-20-19(18)23)22-14-6-4-2-1-3-5-7-14/h10-11,13-15,17,24H,1-9,12H2,(H,20,22)/t15-,17+/m0/s1. The molecular formula is C19H28N4O2. The Bertz CT molecular complexity index is 694. The largest absolute Gasteiger partial charge is 0.394 e. The number of fused-ring (bicyclic) bond motifs is 1. The zero-order chi connectivity index (χ0) is 17.1. The van der Waals surface area contributed by atoms with E-state index in [2.05, 4.69) is 15.3 Å². The van der Waals surface area contributed by atoms with E-state index in [1.807, 2.05) is 23.2 Å². The van der Waals surface area contributed by atoms with Gasteiger partial charge in [-0.25, -0.2) is 9.97 Å². The first kappa shape index (κ1) is 16.8. The van der Waals surface area contributed by atoms with Crippen LogP contribution in [0.2, 0.25) is 0 Å². The molecular weight excluding hydrogens is 316 g/mol. The fraction of sp³-hybridized carbons (Fsp3) is 0.684. The van der Waals surface area contributed by atoms with Gasteiger partial charge in [0.25, 0.3) is 0 Å². The summed E-state index contributed by atoms with van der Waals surface area (Å²) in [5, 5.41) is 13.0. The highest BCUT2D eigenvalue weighted by molar-refractivity contribution is 5.85.